The van der Waals surface area contributed by atoms with Crippen LogP contribution >= 0.6 is 0 Å². The Labute approximate surface area is 108 Å². The summed E-state index contributed by atoms with van der Waals surface area (Å²) in [5.74, 6) is -2.35. The minimum Gasteiger partial charge on any atom is -0.478 e. The van der Waals surface area contributed by atoms with Crippen LogP contribution in [0.1, 0.15) is 20.8 Å². The number of rotatable bonds is 3. The number of carboxylic acid groups (broad SMARTS) is 1. The van der Waals surface area contributed by atoms with Gasteiger partial charge in [0.2, 0.25) is 0 Å². The number of carbonyl (C=O) groups is 2. The summed E-state index contributed by atoms with van der Waals surface area (Å²) < 4.78 is 14.7. The molecule has 0 bridgehead atoms. The summed E-state index contributed by atoms with van der Waals surface area (Å²) in [5.41, 5.74) is 0.114. The Kier molecular flexibility index (Phi) is 3.33. The van der Waals surface area contributed by atoms with Crippen LogP contribution in [-0.2, 0) is 7.05 Å². The van der Waals surface area contributed by atoms with Crippen LogP contribution in [0, 0.1) is 5.82 Å². The summed E-state index contributed by atoms with van der Waals surface area (Å²) in [6.07, 6.45) is 1.68. The van der Waals surface area contributed by atoms with Gasteiger partial charge in [0, 0.05) is 13.2 Å². The molecule has 6 heteroatoms. The molecule has 0 saturated heterocycles. The summed E-state index contributed by atoms with van der Waals surface area (Å²) in [7, 11) is 1.68. The van der Waals surface area contributed by atoms with Crippen molar-refractivity contribution in [1.82, 2.24) is 4.57 Å². The molecule has 0 radical (unpaired) electrons. The van der Waals surface area contributed by atoms with Gasteiger partial charge in [-0.05, 0) is 30.3 Å². The molecule has 5 nitrogen and oxygen atoms in total. The van der Waals surface area contributed by atoms with E-state index in [1.54, 1.807) is 29.9 Å². The number of nitrogens with zero attached hydrogens (tertiary/aromatic N) is 1. The first kappa shape index (κ1) is 12.8. The van der Waals surface area contributed by atoms with Crippen molar-refractivity contribution in [3.05, 3.63) is 53.6 Å². The van der Waals surface area contributed by atoms with Gasteiger partial charge in [0.1, 0.15) is 11.5 Å². The van der Waals surface area contributed by atoms with Crippen molar-refractivity contribution in [2.75, 3.05) is 5.32 Å². The van der Waals surface area contributed by atoms with Gasteiger partial charge in [-0.2, -0.15) is 0 Å². The fraction of sp³-hybridized carbons (Fsp3) is 0.0769. The van der Waals surface area contributed by atoms with Crippen molar-refractivity contribution in [1.29, 1.82) is 0 Å². The van der Waals surface area contributed by atoms with Crippen LogP contribution in [0.3, 0.4) is 0 Å². The Hall–Kier alpha value is -2.63. The molecule has 2 aromatic rings. The number of amides is 1. The van der Waals surface area contributed by atoms with Crippen LogP contribution in [0.4, 0.5) is 10.1 Å². The molecule has 0 aliphatic carbocycles. The number of hydrogen-bond acceptors (Lipinski definition) is 2. The molecule has 19 heavy (non-hydrogen) atoms. The van der Waals surface area contributed by atoms with E-state index in [4.69, 9.17) is 5.11 Å². The monoisotopic (exact) mass is 262 g/mol. The molecule has 0 aliphatic rings. The highest BCUT2D eigenvalue weighted by Gasteiger charge is 2.15. The quantitative estimate of drug-likeness (QED) is 0.889. The fourth-order valence-corrected chi connectivity index (χ4v) is 1.69. The number of aryl methyl sites for hydroxylation is 1. The first-order chi connectivity index (χ1) is 8.99. The van der Waals surface area contributed by atoms with Crippen molar-refractivity contribution >= 4 is 17.6 Å². The van der Waals surface area contributed by atoms with Gasteiger partial charge < -0.3 is 15.0 Å². The molecule has 1 heterocycles. The molecular formula is C13H11FN2O3. The molecule has 1 aromatic heterocycles. The van der Waals surface area contributed by atoms with E-state index in [0.29, 0.717) is 5.69 Å². The molecule has 2 N–H and O–H groups in total. The summed E-state index contributed by atoms with van der Waals surface area (Å²) in [6.45, 7) is 0. The fourth-order valence-electron chi connectivity index (χ4n) is 1.69. The Balaban J connectivity index is 2.33. The van der Waals surface area contributed by atoms with E-state index in [9.17, 15) is 14.0 Å². The van der Waals surface area contributed by atoms with E-state index in [2.05, 4.69) is 5.32 Å². The van der Waals surface area contributed by atoms with Gasteiger partial charge in [0.15, 0.2) is 0 Å². The van der Waals surface area contributed by atoms with Gasteiger partial charge >= 0.3 is 5.97 Å². The average molecular weight is 262 g/mol. The maximum absolute atomic E-state index is 13.1. The van der Waals surface area contributed by atoms with Crippen molar-refractivity contribution in [3.8, 4) is 0 Å². The third-order valence-electron chi connectivity index (χ3n) is 2.64. The molecule has 0 spiro atoms. The van der Waals surface area contributed by atoms with Gasteiger partial charge in [-0.1, -0.05) is 0 Å². The van der Waals surface area contributed by atoms with Crippen molar-refractivity contribution in [2.24, 2.45) is 7.05 Å². The maximum Gasteiger partial charge on any atom is 0.337 e. The summed E-state index contributed by atoms with van der Waals surface area (Å²) >= 11 is 0. The molecule has 0 atom stereocenters. The Morgan fingerprint density at radius 3 is 2.63 bits per heavy atom. The van der Waals surface area contributed by atoms with Crippen LogP contribution in [0.25, 0.3) is 0 Å². The van der Waals surface area contributed by atoms with Crippen LogP contribution in [0.5, 0.6) is 0 Å². The van der Waals surface area contributed by atoms with Crippen LogP contribution in [0.15, 0.2) is 36.5 Å². The van der Waals surface area contributed by atoms with Gasteiger partial charge in [0.05, 0.1) is 11.3 Å². The van der Waals surface area contributed by atoms with Gasteiger partial charge in [0.25, 0.3) is 5.91 Å². The average Bonchev–Trinajstić information content (AvgIpc) is 2.75. The number of aromatic nitrogens is 1. The predicted octanol–water partition coefficient (Wildman–Crippen LogP) is 2.11. The Bertz CT molecular complexity index is 649. The topological polar surface area (TPSA) is 71.3 Å². The highest BCUT2D eigenvalue weighted by Crippen LogP contribution is 2.18. The summed E-state index contributed by atoms with van der Waals surface area (Å²) in [4.78, 5) is 22.9. The molecule has 98 valence electrons. The minimum absolute atomic E-state index is 0.0706. The van der Waals surface area contributed by atoms with Crippen molar-refractivity contribution in [3.63, 3.8) is 0 Å². The molecule has 0 aliphatic heterocycles. The lowest BCUT2D eigenvalue weighted by molar-refractivity contribution is 0.0698. The second-order valence-corrected chi connectivity index (χ2v) is 3.95. The van der Waals surface area contributed by atoms with E-state index in [0.717, 1.165) is 18.2 Å². The molecule has 0 saturated carbocycles. The van der Waals surface area contributed by atoms with Gasteiger partial charge in [-0.3, -0.25) is 4.79 Å². The second-order valence-electron chi connectivity index (χ2n) is 3.95. The molecule has 1 amide bonds. The standard InChI is InChI=1S/C13H11FN2O3/c1-16-6-2-3-11(16)12(17)15-10-7-8(14)4-5-9(10)13(18)19/h2-7H,1H3,(H,15,17)(H,18,19). The molecule has 0 unspecified atom stereocenters. The summed E-state index contributed by atoms with van der Waals surface area (Å²) in [5, 5.41) is 11.4. The number of benzene rings is 1. The second kappa shape index (κ2) is 4.93. The zero-order valence-corrected chi connectivity index (χ0v) is 10.1. The third-order valence-corrected chi connectivity index (χ3v) is 2.64. The lowest BCUT2D eigenvalue weighted by Crippen LogP contribution is -2.17. The third kappa shape index (κ3) is 2.62. The smallest absolute Gasteiger partial charge is 0.337 e. The molecule has 0 fully saturated rings. The minimum atomic E-state index is -1.23. The predicted molar refractivity (Wildman–Crippen MR) is 66.7 cm³/mol. The van der Waals surface area contributed by atoms with E-state index in [1.165, 1.54) is 0 Å². The first-order valence-electron chi connectivity index (χ1n) is 5.44. The number of carboxylic acids is 1. The normalized spacial score (nSPS) is 10.2. The number of halogens is 1. The van der Waals surface area contributed by atoms with Gasteiger partial charge in [-0.15, -0.1) is 0 Å². The number of hydrogen-bond donors (Lipinski definition) is 2. The Morgan fingerprint density at radius 1 is 1.32 bits per heavy atom. The Morgan fingerprint density at radius 2 is 2.05 bits per heavy atom. The zero-order chi connectivity index (χ0) is 14.0. The van der Waals surface area contributed by atoms with E-state index < -0.39 is 17.7 Å². The lowest BCUT2D eigenvalue weighted by atomic mass is 10.1. The number of carbonyl (C=O) groups excluding carboxylic acids is 1. The van der Waals surface area contributed by atoms with E-state index in [-0.39, 0.29) is 11.3 Å². The summed E-state index contributed by atoms with van der Waals surface area (Å²) in [6, 6.07) is 6.37. The largest absolute Gasteiger partial charge is 0.478 e. The van der Waals surface area contributed by atoms with Crippen LogP contribution in [0.2, 0.25) is 0 Å². The van der Waals surface area contributed by atoms with E-state index in [1.807, 2.05) is 0 Å². The molecule has 1 aromatic carbocycles. The molecular weight excluding hydrogens is 251 g/mol. The maximum atomic E-state index is 13.1. The highest BCUT2D eigenvalue weighted by molar-refractivity contribution is 6.06. The lowest BCUT2D eigenvalue weighted by Gasteiger charge is -2.09. The number of nitrogens with one attached hydrogen (secondary N) is 1. The van der Waals surface area contributed by atoms with Crippen LogP contribution in [-0.4, -0.2) is 21.6 Å². The van der Waals surface area contributed by atoms with Crippen molar-refractivity contribution < 1.29 is 19.1 Å². The SMILES string of the molecule is Cn1cccc1C(=O)Nc1cc(F)ccc1C(=O)O. The molecule has 2 rings (SSSR count). The number of aromatic carboxylic acids is 1. The first-order valence-corrected chi connectivity index (χ1v) is 5.44. The zero-order valence-electron chi connectivity index (χ0n) is 10.1. The number of anilines is 1. The van der Waals surface area contributed by atoms with E-state index >= 15 is 0 Å². The van der Waals surface area contributed by atoms with Crippen LogP contribution < -0.4 is 5.32 Å². The van der Waals surface area contributed by atoms with Gasteiger partial charge in [-0.25, -0.2) is 9.18 Å². The van der Waals surface area contributed by atoms with Crippen molar-refractivity contribution in [2.45, 2.75) is 0 Å². The highest BCUT2D eigenvalue weighted by atomic mass is 19.1.